The Morgan fingerprint density at radius 1 is 1.26 bits per heavy atom. The fraction of sp³-hybridized carbons (Fsp3) is 0.650. The van der Waals surface area contributed by atoms with Gasteiger partial charge in [-0.2, -0.15) is 0 Å². The van der Waals surface area contributed by atoms with Crippen LogP contribution in [-0.2, 0) is 20.9 Å². The summed E-state index contributed by atoms with van der Waals surface area (Å²) in [4.78, 5) is 35.5. The molecule has 7 heteroatoms. The van der Waals surface area contributed by atoms with E-state index in [2.05, 4.69) is 9.88 Å². The standard InChI is InChI=1S/C20H30N4O3/c1-2-23(15-17-5-7-21-8-6-17)20(26)18-3-4-19(25)24(16-18)10-9-22-11-13-27-14-12-22/h5-8,18H,2-4,9-16H2,1H3/t18-/m0/s1. The highest BCUT2D eigenvalue weighted by Crippen LogP contribution is 2.21. The lowest BCUT2D eigenvalue weighted by molar-refractivity contribution is -0.143. The number of rotatable bonds is 7. The second kappa shape index (κ2) is 9.80. The van der Waals surface area contributed by atoms with Crippen LogP contribution in [0.1, 0.15) is 25.3 Å². The summed E-state index contributed by atoms with van der Waals surface area (Å²) < 4.78 is 5.37. The Morgan fingerprint density at radius 3 is 2.70 bits per heavy atom. The largest absolute Gasteiger partial charge is 0.379 e. The maximum Gasteiger partial charge on any atom is 0.227 e. The predicted octanol–water partition coefficient (Wildman–Crippen LogP) is 1.00. The van der Waals surface area contributed by atoms with Gasteiger partial charge in [0, 0.05) is 64.6 Å². The first-order valence-electron chi connectivity index (χ1n) is 9.93. The van der Waals surface area contributed by atoms with Crippen molar-refractivity contribution in [1.29, 1.82) is 0 Å². The molecule has 3 heterocycles. The van der Waals surface area contributed by atoms with Gasteiger partial charge in [0.1, 0.15) is 0 Å². The number of carbonyl (C=O) groups is 2. The van der Waals surface area contributed by atoms with Gasteiger partial charge in [0.2, 0.25) is 11.8 Å². The second-order valence-electron chi connectivity index (χ2n) is 7.24. The van der Waals surface area contributed by atoms with Gasteiger partial charge < -0.3 is 14.5 Å². The number of morpholine rings is 1. The van der Waals surface area contributed by atoms with E-state index in [1.54, 1.807) is 12.4 Å². The highest BCUT2D eigenvalue weighted by Gasteiger charge is 2.32. The molecule has 0 N–H and O–H groups in total. The molecule has 0 radical (unpaired) electrons. The zero-order valence-electron chi connectivity index (χ0n) is 16.2. The zero-order chi connectivity index (χ0) is 19.1. The number of hydrogen-bond acceptors (Lipinski definition) is 5. The summed E-state index contributed by atoms with van der Waals surface area (Å²) in [6, 6.07) is 3.88. The van der Waals surface area contributed by atoms with Crippen molar-refractivity contribution in [2.75, 3.05) is 52.5 Å². The van der Waals surface area contributed by atoms with Crippen LogP contribution in [0.2, 0.25) is 0 Å². The Hall–Kier alpha value is -1.99. The molecule has 2 fully saturated rings. The minimum atomic E-state index is -0.103. The molecular weight excluding hydrogens is 344 g/mol. The highest BCUT2D eigenvalue weighted by atomic mass is 16.5. The topological polar surface area (TPSA) is 66.0 Å². The molecule has 1 aromatic heterocycles. The van der Waals surface area contributed by atoms with Crippen molar-refractivity contribution in [2.45, 2.75) is 26.3 Å². The molecule has 0 bridgehead atoms. The molecule has 0 saturated carbocycles. The number of pyridine rings is 1. The summed E-state index contributed by atoms with van der Waals surface area (Å²) in [7, 11) is 0. The number of aromatic nitrogens is 1. The maximum atomic E-state index is 13.0. The number of nitrogens with zero attached hydrogens (tertiary/aromatic N) is 4. The van der Waals surface area contributed by atoms with Crippen LogP contribution in [-0.4, -0.2) is 84.0 Å². The van der Waals surface area contributed by atoms with Crippen LogP contribution >= 0.6 is 0 Å². The van der Waals surface area contributed by atoms with Crippen molar-refractivity contribution in [1.82, 2.24) is 19.7 Å². The molecule has 2 aliphatic rings. The van der Waals surface area contributed by atoms with Crippen molar-refractivity contribution < 1.29 is 14.3 Å². The first-order chi connectivity index (χ1) is 13.2. The fourth-order valence-electron chi connectivity index (χ4n) is 3.73. The van der Waals surface area contributed by atoms with Crippen molar-refractivity contribution in [3.8, 4) is 0 Å². The third kappa shape index (κ3) is 5.49. The Bertz CT molecular complexity index is 619. The van der Waals surface area contributed by atoms with Crippen LogP contribution in [0.5, 0.6) is 0 Å². The van der Waals surface area contributed by atoms with Crippen molar-refractivity contribution in [3.05, 3.63) is 30.1 Å². The Morgan fingerprint density at radius 2 is 2.00 bits per heavy atom. The van der Waals surface area contributed by atoms with Gasteiger partial charge in [-0.1, -0.05) is 0 Å². The van der Waals surface area contributed by atoms with E-state index >= 15 is 0 Å². The van der Waals surface area contributed by atoms with Crippen molar-refractivity contribution >= 4 is 11.8 Å². The lowest BCUT2D eigenvalue weighted by Gasteiger charge is -2.36. The molecule has 3 rings (SSSR count). The van der Waals surface area contributed by atoms with Gasteiger partial charge in [0.05, 0.1) is 19.1 Å². The Kier molecular flexibility index (Phi) is 7.18. The second-order valence-corrected chi connectivity index (χ2v) is 7.24. The number of hydrogen-bond donors (Lipinski definition) is 0. The Labute approximate surface area is 161 Å². The molecule has 0 spiro atoms. The van der Waals surface area contributed by atoms with Gasteiger partial charge in [-0.05, 0) is 31.0 Å². The summed E-state index contributed by atoms with van der Waals surface area (Å²) in [5, 5.41) is 0. The monoisotopic (exact) mass is 374 g/mol. The summed E-state index contributed by atoms with van der Waals surface area (Å²) in [6.07, 6.45) is 4.62. The fourth-order valence-corrected chi connectivity index (χ4v) is 3.73. The highest BCUT2D eigenvalue weighted by molar-refractivity contribution is 5.83. The van der Waals surface area contributed by atoms with E-state index in [-0.39, 0.29) is 17.7 Å². The normalized spacial score (nSPS) is 21.3. The van der Waals surface area contributed by atoms with Gasteiger partial charge >= 0.3 is 0 Å². The van der Waals surface area contributed by atoms with Crippen LogP contribution in [0, 0.1) is 5.92 Å². The van der Waals surface area contributed by atoms with Gasteiger partial charge in [0.25, 0.3) is 0 Å². The molecule has 1 aromatic rings. The molecular formula is C20H30N4O3. The molecule has 0 unspecified atom stereocenters. The van der Waals surface area contributed by atoms with E-state index < -0.39 is 0 Å². The van der Waals surface area contributed by atoms with E-state index in [1.807, 2.05) is 28.9 Å². The van der Waals surface area contributed by atoms with Crippen LogP contribution in [0.3, 0.4) is 0 Å². The van der Waals surface area contributed by atoms with Crippen molar-refractivity contribution in [3.63, 3.8) is 0 Å². The van der Waals surface area contributed by atoms with E-state index in [1.165, 1.54) is 0 Å². The molecule has 0 aliphatic carbocycles. The number of ether oxygens (including phenoxy) is 1. The average molecular weight is 374 g/mol. The molecule has 2 saturated heterocycles. The van der Waals surface area contributed by atoms with Crippen LogP contribution in [0.4, 0.5) is 0 Å². The Balaban J connectivity index is 1.54. The lowest BCUT2D eigenvalue weighted by Crippen LogP contribution is -2.49. The van der Waals surface area contributed by atoms with Crippen molar-refractivity contribution in [2.24, 2.45) is 5.92 Å². The first-order valence-corrected chi connectivity index (χ1v) is 9.93. The van der Waals surface area contributed by atoms with Crippen LogP contribution in [0.25, 0.3) is 0 Å². The van der Waals surface area contributed by atoms with Crippen LogP contribution in [0.15, 0.2) is 24.5 Å². The summed E-state index contributed by atoms with van der Waals surface area (Å²) in [6.45, 7) is 8.70. The van der Waals surface area contributed by atoms with E-state index in [9.17, 15) is 9.59 Å². The smallest absolute Gasteiger partial charge is 0.227 e. The molecule has 7 nitrogen and oxygen atoms in total. The van der Waals surface area contributed by atoms with E-state index in [0.29, 0.717) is 39.0 Å². The number of piperidine rings is 1. The maximum absolute atomic E-state index is 13.0. The number of amides is 2. The zero-order valence-corrected chi connectivity index (χ0v) is 16.2. The summed E-state index contributed by atoms with van der Waals surface area (Å²) >= 11 is 0. The molecule has 1 atom stereocenters. The number of likely N-dealkylation sites (tertiary alicyclic amines) is 1. The first kappa shape index (κ1) is 19.8. The summed E-state index contributed by atoms with van der Waals surface area (Å²) in [5.74, 6) is 0.219. The number of carbonyl (C=O) groups excluding carboxylic acids is 2. The third-order valence-electron chi connectivity index (χ3n) is 5.46. The predicted molar refractivity (Wildman–Crippen MR) is 102 cm³/mol. The third-order valence-corrected chi connectivity index (χ3v) is 5.46. The molecule has 0 aromatic carbocycles. The summed E-state index contributed by atoms with van der Waals surface area (Å²) in [5.41, 5.74) is 1.08. The molecule has 27 heavy (non-hydrogen) atoms. The minimum absolute atomic E-state index is 0.103. The van der Waals surface area contributed by atoms with E-state index in [4.69, 9.17) is 4.74 Å². The van der Waals surface area contributed by atoms with Gasteiger partial charge in [-0.3, -0.25) is 19.5 Å². The van der Waals surface area contributed by atoms with Crippen LogP contribution < -0.4 is 0 Å². The van der Waals surface area contributed by atoms with Gasteiger partial charge in [0.15, 0.2) is 0 Å². The van der Waals surface area contributed by atoms with E-state index in [0.717, 1.165) is 38.4 Å². The SMILES string of the molecule is CCN(Cc1ccncc1)C(=O)[C@H]1CCC(=O)N(CCN2CCOCC2)C1. The quantitative estimate of drug-likeness (QED) is 0.712. The lowest BCUT2D eigenvalue weighted by atomic mass is 9.95. The molecule has 2 aliphatic heterocycles. The average Bonchev–Trinajstić information content (AvgIpc) is 2.72. The molecule has 2 amide bonds. The van der Waals surface area contributed by atoms with Gasteiger partial charge in [-0.15, -0.1) is 0 Å². The minimum Gasteiger partial charge on any atom is -0.379 e. The van der Waals surface area contributed by atoms with Gasteiger partial charge in [-0.25, -0.2) is 0 Å². The molecule has 148 valence electrons.